The predicted molar refractivity (Wildman–Crippen MR) is 63.5 cm³/mol. The van der Waals surface area contributed by atoms with Gasteiger partial charge in [0.1, 0.15) is 11.6 Å². The zero-order valence-electron chi connectivity index (χ0n) is 9.28. The van der Waals surface area contributed by atoms with E-state index in [1.165, 1.54) is 12.3 Å². The molecule has 1 heterocycles. The number of rotatable bonds is 3. The molecule has 1 atom stereocenters. The van der Waals surface area contributed by atoms with Crippen LogP contribution in [-0.2, 0) is 6.42 Å². The van der Waals surface area contributed by atoms with Crippen molar-refractivity contribution < 1.29 is 13.9 Å². The Balaban J connectivity index is 2.22. The third-order valence-corrected chi connectivity index (χ3v) is 3.13. The Labute approximate surface area is 104 Å². The van der Waals surface area contributed by atoms with Crippen molar-refractivity contribution in [3.05, 3.63) is 58.3 Å². The Hall–Kier alpha value is -1.32. The Morgan fingerprint density at radius 2 is 2.18 bits per heavy atom. The number of aliphatic hydroxyl groups is 1. The third kappa shape index (κ3) is 2.51. The first kappa shape index (κ1) is 12.1. The van der Waals surface area contributed by atoms with Gasteiger partial charge in [-0.3, -0.25) is 0 Å². The number of halogens is 2. The lowest BCUT2D eigenvalue weighted by molar-refractivity contribution is 0.176. The van der Waals surface area contributed by atoms with Crippen LogP contribution in [0.3, 0.4) is 0 Å². The molecule has 0 fully saturated rings. The second-order valence-corrected chi connectivity index (χ2v) is 4.24. The molecule has 0 aliphatic heterocycles. The van der Waals surface area contributed by atoms with Gasteiger partial charge in [-0.15, -0.1) is 0 Å². The van der Waals surface area contributed by atoms with Gasteiger partial charge in [0.25, 0.3) is 0 Å². The molecule has 0 amide bonds. The van der Waals surface area contributed by atoms with Crippen LogP contribution in [0.15, 0.2) is 34.9 Å². The zero-order valence-corrected chi connectivity index (χ0v) is 10.0. The van der Waals surface area contributed by atoms with Crippen molar-refractivity contribution in [2.24, 2.45) is 0 Å². The van der Waals surface area contributed by atoms with Crippen LogP contribution in [-0.4, -0.2) is 5.11 Å². The van der Waals surface area contributed by atoms with Gasteiger partial charge in [0.2, 0.25) is 0 Å². The normalized spacial score (nSPS) is 12.7. The molecule has 0 saturated carbocycles. The first-order valence-corrected chi connectivity index (χ1v) is 5.62. The van der Waals surface area contributed by atoms with Gasteiger partial charge in [0.05, 0.1) is 17.4 Å². The lowest BCUT2D eigenvalue weighted by Gasteiger charge is -2.11. The van der Waals surface area contributed by atoms with Gasteiger partial charge in [0, 0.05) is 12.0 Å². The maximum Gasteiger partial charge on any atom is 0.142 e. The Bertz CT molecular complexity index is 522. The highest BCUT2D eigenvalue weighted by Crippen LogP contribution is 2.27. The lowest BCUT2D eigenvalue weighted by atomic mass is 10.0. The average Bonchev–Trinajstić information content (AvgIpc) is 2.71. The molecule has 4 heteroatoms. The minimum absolute atomic E-state index is 0.0627. The summed E-state index contributed by atoms with van der Waals surface area (Å²) in [4.78, 5) is 0. The van der Waals surface area contributed by atoms with Crippen LogP contribution < -0.4 is 0 Å². The fourth-order valence-electron chi connectivity index (χ4n) is 1.76. The molecule has 0 spiro atoms. The highest BCUT2D eigenvalue weighted by Gasteiger charge is 2.16. The highest BCUT2D eigenvalue weighted by atomic mass is 35.5. The van der Waals surface area contributed by atoms with Crippen molar-refractivity contribution in [3.63, 3.8) is 0 Å². The van der Waals surface area contributed by atoms with Crippen molar-refractivity contribution in [2.75, 3.05) is 0 Å². The van der Waals surface area contributed by atoms with Crippen LogP contribution in [0.5, 0.6) is 0 Å². The average molecular weight is 255 g/mol. The predicted octanol–water partition coefficient (Wildman–Crippen LogP) is 3.66. The Morgan fingerprint density at radius 3 is 2.82 bits per heavy atom. The molecular weight excluding hydrogens is 243 g/mol. The minimum Gasteiger partial charge on any atom is -0.469 e. The summed E-state index contributed by atoms with van der Waals surface area (Å²) in [6, 6.07) is 6.27. The van der Waals surface area contributed by atoms with Crippen LogP contribution >= 0.6 is 11.6 Å². The van der Waals surface area contributed by atoms with E-state index in [2.05, 4.69) is 0 Å². The first-order valence-electron chi connectivity index (χ1n) is 5.24. The van der Waals surface area contributed by atoms with Crippen LogP contribution in [0, 0.1) is 12.7 Å². The third-order valence-electron chi connectivity index (χ3n) is 2.70. The van der Waals surface area contributed by atoms with Crippen LogP contribution in [0.1, 0.15) is 23.0 Å². The van der Waals surface area contributed by atoms with E-state index in [0.717, 1.165) is 0 Å². The molecule has 2 aromatic rings. The fourth-order valence-corrected chi connectivity index (χ4v) is 1.97. The minimum atomic E-state index is -0.743. The SMILES string of the molecule is Cc1occc1C(O)Cc1cccc(F)c1Cl. The number of benzene rings is 1. The van der Waals surface area contributed by atoms with Gasteiger partial charge < -0.3 is 9.52 Å². The molecule has 0 aliphatic carbocycles. The molecule has 1 aromatic carbocycles. The van der Waals surface area contributed by atoms with Crippen molar-refractivity contribution >= 4 is 11.6 Å². The van der Waals surface area contributed by atoms with E-state index in [1.807, 2.05) is 0 Å². The van der Waals surface area contributed by atoms with Gasteiger partial charge in [0.15, 0.2) is 0 Å². The molecular formula is C13H12ClFO2. The molecule has 1 aromatic heterocycles. The summed E-state index contributed by atoms with van der Waals surface area (Å²) in [5.41, 5.74) is 1.28. The van der Waals surface area contributed by atoms with Crippen LogP contribution in [0.4, 0.5) is 4.39 Å². The number of hydrogen-bond donors (Lipinski definition) is 1. The summed E-state index contributed by atoms with van der Waals surface area (Å²) in [6.07, 6.45) is 1.03. The van der Waals surface area contributed by atoms with Crippen LogP contribution in [0.2, 0.25) is 5.02 Å². The van der Waals surface area contributed by atoms with E-state index >= 15 is 0 Å². The summed E-state index contributed by atoms with van der Waals surface area (Å²) in [5, 5.41) is 10.1. The summed E-state index contributed by atoms with van der Waals surface area (Å²) < 4.78 is 18.3. The van der Waals surface area contributed by atoms with Crippen molar-refractivity contribution in [1.29, 1.82) is 0 Å². The van der Waals surface area contributed by atoms with Gasteiger partial charge in [-0.2, -0.15) is 0 Å². The summed E-state index contributed by atoms with van der Waals surface area (Å²) in [6.45, 7) is 1.77. The first-order chi connectivity index (χ1) is 8.09. The van der Waals surface area contributed by atoms with Gasteiger partial charge in [-0.1, -0.05) is 23.7 Å². The second kappa shape index (κ2) is 4.90. The van der Waals surface area contributed by atoms with E-state index in [-0.39, 0.29) is 11.4 Å². The van der Waals surface area contributed by atoms with Crippen molar-refractivity contribution in [2.45, 2.75) is 19.4 Å². The monoisotopic (exact) mass is 254 g/mol. The molecule has 0 saturated heterocycles. The zero-order chi connectivity index (χ0) is 12.4. The molecule has 2 nitrogen and oxygen atoms in total. The Kier molecular flexibility index (Phi) is 3.50. The quantitative estimate of drug-likeness (QED) is 0.907. The van der Waals surface area contributed by atoms with E-state index in [4.69, 9.17) is 16.0 Å². The summed E-state index contributed by atoms with van der Waals surface area (Å²) >= 11 is 5.83. The number of hydrogen-bond acceptors (Lipinski definition) is 2. The van der Waals surface area contributed by atoms with Crippen LogP contribution in [0.25, 0.3) is 0 Å². The fraction of sp³-hybridized carbons (Fsp3) is 0.231. The smallest absolute Gasteiger partial charge is 0.142 e. The lowest BCUT2D eigenvalue weighted by Crippen LogP contribution is -2.03. The summed E-state index contributed by atoms with van der Waals surface area (Å²) in [5.74, 6) is 0.185. The van der Waals surface area contributed by atoms with Gasteiger partial charge in [-0.25, -0.2) is 4.39 Å². The second-order valence-electron chi connectivity index (χ2n) is 3.86. The van der Waals surface area contributed by atoms with Gasteiger partial charge in [-0.05, 0) is 24.6 Å². The van der Waals surface area contributed by atoms with Crippen molar-refractivity contribution in [3.8, 4) is 0 Å². The number of furan rings is 1. The molecule has 90 valence electrons. The van der Waals surface area contributed by atoms with Crippen molar-refractivity contribution in [1.82, 2.24) is 0 Å². The molecule has 1 N–H and O–H groups in total. The van der Waals surface area contributed by atoms with E-state index in [9.17, 15) is 9.50 Å². The maximum atomic E-state index is 13.2. The maximum absolute atomic E-state index is 13.2. The standard InChI is InChI=1S/C13H12ClFO2/c1-8-10(5-6-17-8)12(16)7-9-3-2-4-11(15)13(9)14/h2-6,12,16H,7H2,1H3. The molecule has 0 bridgehead atoms. The molecule has 1 unspecified atom stereocenters. The van der Waals surface area contributed by atoms with E-state index in [0.29, 0.717) is 16.9 Å². The number of aliphatic hydroxyl groups excluding tert-OH is 1. The number of aryl methyl sites for hydroxylation is 1. The van der Waals surface area contributed by atoms with E-state index < -0.39 is 11.9 Å². The molecule has 17 heavy (non-hydrogen) atoms. The molecule has 0 aliphatic rings. The molecule has 0 radical (unpaired) electrons. The summed E-state index contributed by atoms with van der Waals surface area (Å²) in [7, 11) is 0. The molecule has 2 rings (SSSR count). The highest BCUT2D eigenvalue weighted by molar-refractivity contribution is 6.31. The topological polar surface area (TPSA) is 33.4 Å². The van der Waals surface area contributed by atoms with E-state index in [1.54, 1.807) is 25.1 Å². The largest absolute Gasteiger partial charge is 0.469 e. The van der Waals surface area contributed by atoms with Gasteiger partial charge >= 0.3 is 0 Å². The Morgan fingerprint density at radius 1 is 1.41 bits per heavy atom.